The minimum Gasteiger partial charge on any atom is -0.334 e. The van der Waals surface area contributed by atoms with Gasteiger partial charge in [-0.25, -0.2) is 4.79 Å². The molecule has 0 heterocycles. The molecule has 1 aromatic carbocycles. The van der Waals surface area contributed by atoms with Crippen LogP contribution in [0.4, 0.5) is 10.5 Å². The van der Waals surface area contributed by atoms with Crippen LogP contribution in [0.15, 0.2) is 24.3 Å². The normalized spacial score (nSPS) is 12.3. The van der Waals surface area contributed by atoms with E-state index in [0.717, 1.165) is 11.3 Å². The van der Waals surface area contributed by atoms with Crippen molar-refractivity contribution in [2.45, 2.75) is 26.8 Å². The molecule has 94 valence electrons. The molecular formula is C13H21N3O. The van der Waals surface area contributed by atoms with Crippen molar-refractivity contribution in [3.8, 4) is 0 Å². The van der Waals surface area contributed by atoms with Crippen LogP contribution in [-0.4, -0.2) is 18.6 Å². The average molecular weight is 235 g/mol. The van der Waals surface area contributed by atoms with Crippen molar-refractivity contribution < 1.29 is 4.79 Å². The largest absolute Gasteiger partial charge is 0.334 e. The average Bonchev–Trinajstić information content (AvgIpc) is 2.25. The highest BCUT2D eigenvalue weighted by molar-refractivity contribution is 5.89. The molecule has 1 atom stereocenters. The summed E-state index contributed by atoms with van der Waals surface area (Å²) in [6, 6.07) is 7.47. The second-order valence-corrected chi connectivity index (χ2v) is 4.55. The lowest BCUT2D eigenvalue weighted by atomic mass is 10.1. The number of hydrogen-bond donors (Lipinski definition) is 3. The third-order valence-electron chi connectivity index (χ3n) is 2.65. The van der Waals surface area contributed by atoms with Gasteiger partial charge >= 0.3 is 6.03 Å². The summed E-state index contributed by atoms with van der Waals surface area (Å²) in [7, 11) is 0. The maximum absolute atomic E-state index is 11.7. The first-order valence-electron chi connectivity index (χ1n) is 5.87. The Bertz CT molecular complexity index is 377. The molecule has 1 aromatic rings. The number of hydrogen-bond acceptors (Lipinski definition) is 2. The molecule has 1 unspecified atom stereocenters. The second kappa shape index (κ2) is 6.25. The van der Waals surface area contributed by atoms with Gasteiger partial charge in [0.15, 0.2) is 0 Å². The summed E-state index contributed by atoms with van der Waals surface area (Å²) < 4.78 is 0. The molecule has 1 rings (SSSR count). The van der Waals surface area contributed by atoms with Crippen molar-refractivity contribution in [2.24, 2.45) is 11.7 Å². The van der Waals surface area contributed by atoms with Gasteiger partial charge in [-0.3, -0.25) is 0 Å². The molecule has 4 heteroatoms. The molecule has 0 aliphatic heterocycles. The fourth-order valence-corrected chi connectivity index (χ4v) is 1.56. The van der Waals surface area contributed by atoms with Gasteiger partial charge in [0.05, 0.1) is 0 Å². The second-order valence-electron chi connectivity index (χ2n) is 4.55. The number of amides is 2. The Morgan fingerprint density at radius 1 is 1.41 bits per heavy atom. The Morgan fingerprint density at radius 3 is 2.65 bits per heavy atom. The fraction of sp³-hybridized carbons (Fsp3) is 0.462. The van der Waals surface area contributed by atoms with Crippen molar-refractivity contribution in [2.75, 3.05) is 11.9 Å². The molecule has 0 aromatic heterocycles. The Kier molecular flexibility index (Phi) is 4.97. The Balaban J connectivity index is 2.55. The topological polar surface area (TPSA) is 67.2 Å². The van der Waals surface area contributed by atoms with Crippen LogP contribution < -0.4 is 16.4 Å². The highest BCUT2D eigenvalue weighted by atomic mass is 16.2. The fourth-order valence-electron chi connectivity index (χ4n) is 1.56. The van der Waals surface area contributed by atoms with E-state index in [1.165, 1.54) is 0 Å². The number of anilines is 1. The zero-order chi connectivity index (χ0) is 12.8. The number of aryl methyl sites for hydroxylation is 1. The summed E-state index contributed by atoms with van der Waals surface area (Å²) in [6.45, 7) is 6.49. The first-order chi connectivity index (χ1) is 8.02. The zero-order valence-corrected chi connectivity index (χ0v) is 10.7. The van der Waals surface area contributed by atoms with Gasteiger partial charge in [0.1, 0.15) is 0 Å². The van der Waals surface area contributed by atoms with Crippen LogP contribution in [0.2, 0.25) is 0 Å². The van der Waals surface area contributed by atoms with E-state index >= 15 is 0 Å². The highest BCUT2D eigenvalue weighted by Gasteiger charge is 2.13. The Hall–Kier alpha value is -1.55. The van der Waals surface area contributed by atoms with Crippen molar-refractivity contribution in [1.82, 2.24) is 5.32 Å². The third kappa shape index (κ3) is 4.44. The molecule has 17 heavy (non-hydrogen) atoms. The minimum absolute atomic E-state index is 0.000177. The number of carbonyl (C=O) groups is 1. The van der Waals surface area contributed by atoms with Gasteiger partial charge < -0.3 is 16.4 Å². The van der Waals surface area contributed by atoms with E-state index in [9.17, 15) is 4.79 Å². The molecule has 0 bridgehead atoms. The molecule has 4 N–H and O–H groups in total. The molecule has 0 saturated carbocycles. The Labute approximate surface area is 103 Å². The lowest BCUT2D eigenvalue weighted by Crippen LogP contribution is -2.45. The van der Waals surface area contributed by atoms with E-state index in [4.69, 9.17) is 5.73 Å². The molecule has 0 fully saturated rings. The SMILES string of the molecule is Cc1cccc(NC(=O)NC(CN)C(C)C)c1. The van der Waals surface area contributed by atoms with Gasteiger partial charge in [0.25, 0.3) is 0 Å². The molecule has 2 amide bonds. The molecule has 0 saturated heterocycles. The Morgan fingerprint density at radius 2 is 2.12 bits per heavy atom. The summed E-state index contributed by atoms with van der Waals surface area (Å²) in [5.74, 6) is 0.322. The van der Waals surface area contributed by atoms with Crippen LogP contribution in [0, 0.1) is 12.8 Å². The van der Waals surface area contributed by atoms with E-state index < -0.39 is 0 Å². The van der Waals surface area contributed by atoms with Crippen LogP contribution in [0.3, 0.4) is 0 Å². The predicted octanol–water partition coefficient (Wildman–Crippen LogP) is 2.10. The number of benzene rings is 1. The highest BCUT2D eigenvalue weighted by Crippen LogP contribution is 2.09. The quantitative estimate of drug-likeness (QED) is 0.748. The van der Waals surface area contributed by atoms with E-state index in [1.54, 1.807) is 0 Å². The van der Waals surface area contributed by atoms with Crippen molar-refractivity contribution in [3.63, 3.8) is 0 Å². The minimum atomic E-state index is -0.209. The number of urea groups is 1. The summed E-state index contributed by atoms with van der Waals surface area (Å²) >= 11 is 0. The number of nitrogens with one attached hydrogen (secondary N) is 2. The zero-order valence-electron chi connectivity index (χ0n) is 10.7. The van der Waals surface area contributed by atoms with Crippen molar-refractivity contribution >= 4 is 11.7 Å². The van der Waals surface area contributed by atoms with E-state index in [1.807, 2.05) is 45.0 Å². The lowest BCUT2D eigenvalue weighted by molar-refractivity contribution is 0.245. The van der Waals surface area contributed by atoms with Crippen LogP contribution in [0.1, 0.15) is 19.4 Å². The van der Waals surface area contributed by atoms with Crippen LogP contribution in [0.5, 0.6) is 0 Å². The number of carbonyl (C=O) groups excluding carboxylic acids is 1. The molecule has 0 aliphatic rings. The van der Waals surface area contributed by atoms with Gasteiger partial charge in [-0.2, -0.15) is 0 Å². The standard InChI is InChI=1S/C13H21N3O/c1-9(2)12(8-14)16-13(17)15-11-6-4-5-10(3)7-11/h4-7,9,12H,8,14H2,1-3H3,(H2,15,16,17). The first kappa shape index (κ1) is 13.5. The lowest BCUT2D eigenvalue weighted by Gasteiger charge is -2.20. The molecule has 0 spiro atoms. The molecule has 0 aliphatic carbocycles. The molecule has 4 nitrogen and oxygen atoms in total. The van der Waals surface area contributed by atoms with Crippen LogP contribution >= 0.6 is 0 Å². The van der Waals surface area contributed by atoms with Gasteiger partial charge in [0.2, 0.25) is 0 Å². The van der Waals surface area contributed by atoms with Crippen molar-refractivity contribution in [1.29, 1.82) is 0 Å². The van der Waals surface area contributed by atoms with Gasteiger partial charge in [-0.15, -0.1) is 0 Å². The maximum atomic E-state index is 11.7. The summed E-state index contributed by atoms with van der Waals surface area (Å²) in [4.78, 5) is 11.7. The predicted molar refractivity (Wildman–Crippen MR) is 71.0 cm³/mol. The monoisotopic (exact) mass is 235 g/mol. The van der Waals surface area contributed by atoms with Crippen molar-refractivity contribution in [3.05, 3.63) is 29.8 Å². The van der Waals surface area contributed by atoms with Crippen LogP contribution in [-0.2, 0) is 0 Å². The van der Waals surface area contributed by atoms with E-state index in [-0.39, 0.29) is 12.1 Å². The van der Waals surface area contributed by atoms with E-state index in [2.05, 4.69) is 10.6 Å². The molecular weight excluding hydrogens is 214 g/mol. The van der Waals surface area contributed by atoms with Gasteiger partial charge in [0, 0.05) is 18.3 Å². The number of nitrogens with two attached hydrogens (primary N) is 1. The maximum Gasteiger partial charge on any atom is 0.319 e. The van der Waals surface area contributed by atoms with E-state index in [0.29, 0.717) is 12.5 Å². The smallest absolute Gasteiger partial charge is 0.319 e. The third-order valence-corrected chi connectivity index (χ3v) is 2.65. The summed E-state index contributed by atoms with van der Waals surface area (Å²) in [6.07, 6.45) is 0. The van der Waals surface area contributed by atoms with Gasteiger partial charge in [-0.1, -0.05) is 26.0 Å². The first-order valence-corrected chi connectivity index (χ1v) is 5.87. The van der Waals surface area contributed by atoms with Gasteiger partial charge in [-0.05, 0) is 30.5 Å². The number of rotatable bonds is 4. The molecule has 0 radical (unpaired) electrons. The van der Waals surface area contributed by atoms with Crippen LogP contribution in [0.25, 0.3) is 0 Å². The summed E-state index contributed by atoms with van der Waals surface area (Å²) in [5.41, 5.74) is 7.50. The summed E-state index contributed by atoms with van der Waals surface area (Å²) in [5, 5.41) is 5.66.